The monoisotopic (exact) mass is 389 g/mol. The third-order valence-corrected chi connectivity index (χ3v) is 4.90. The summed E-state index contributed by atoms with van der Waals surface area (Å²) in [5, 5.41) is 4.93. The summed E-state index contributed by atoms with van der Waals surface area (Å²) in [7, 11) is 3.33. The molecule has 2 amide bonds. The normalized spacial score (nSPS) is 16.0. The second-order valence-corrected chi connectivity index (χ2v) is 6.78. The van der Waals surface area contributed by atoms with E-state index in [0.717, 1.165) is 13.0 Å². The summed E-state index contributed by atoms with van der Waals surface area (Å²) in [5.41, 5.74) is 7.01. The van der Waals surface area contributed by atoms with Gasteiger partial charge in [0.25, 0.3) is 5.91 Å². The Balaban J connectivity index is 1.75. The molecule has 1 aliphatic rings. The van der Waals surface area contributed by atoms with Crippen LogP contribution in [-0.4, -0.2) is 52.2 Å². The molecule has 0 bridgehead atoms. The summed E-state index contributed by atoms with van der Waals surface area (Å²) >= 11 is 0. The van der Waals surface area contributed by atoms with E-state index in [9.17, 15) is 9.59 Å². The third kappa shape index (κ3) is 3.38. The number of methoxy groups -OCH3 is 1. The van der Waals surface area contributed by atoms with Crippen LogP contribution in [0.25, 0.3) is 16.7 Å². The zero-order valence-corrected chi connectivity index (χ0v) is 16.0. The molecule has 1 saturated heterocycles. The second-order valence-electron chi connectivity index (χ2n) is 6.78. The predicted molar refractivity (Wildman–Crippen MR) is 107 cm³/mol. The molecule has 0 aliphatic carbocycles. The fraction of sp³-hybridized carbons (Fsp3) is 0.238. The van der Waals surface area contributed by atoms with Crippen LogP contribution in [0, 0.1) is 17.8 Å². The molecule has 1 aliphatic heterocycles. The van der Waals surface area contributed by atoms with E-state index in [1.54, 1.807) is 60.3 Å². The maximum atomic E-state index is 12.0. The molecule has 29 heavy (non-hydrogen) atoms. The van der Waals surface area contributed by atoms with E-state index in [0.29, 0.717) is 28.0 Å². The van der Waals surface area contributed by atoms with E-state index in [4.69, 9.17) is 10.5 Å². The summed E-state index contributed by atoms with van der Waals surface area (Å²) in [6, 6.07) is 8.81. The number of carbonyl (C=O) groups is 2. The van der Waals surface area contributed by atoms with Gasteiger partial charge >= 0.3 is 0 Å². The van der Waals surface area contributed by atoms with Crippen molar-refractivity contribution in [3.8, 4) is 23.4 Å². The molecule has 0 radical (unpaired) electrons. The molecular formula is C21H19N5O3. The van der Waals surface area contributed by atoms with E-state index in [2.05, 4.69) is 21.9 Å². The van der Waals surface area contributed by atoms with Crippen molar-refractivity contribution in [2.45, 2.75) is 6.42 Å². The van der Waals surface area contributed by atoms with Gasteiger partial charge < -0.3 is 15.4 Å². The number of aromatic nitrogens is 3. The number of ether oxygens (including phenoxy) is 1. The fourth-order valence-electron chi connectivity index (χ4n) is 3.32. The number of hydrogen-bond acceptors (Lipinski definition) is 5. The van der Waals surface area contributed by atoms with Crippen LogP contribution >= 0.6 is 0 Å². The maximum Gasteiger partial charge on any atom is 0.269 e. The van der Waals surface area contributed by atoms with Crippen molar-refractivity contribution >= 4 is 22.7 Å². The number of nitrogens with two attached hydrogens (primary N) is 1. The highest BCUT2D eigenvalue weighted by Gasteiger charge is 2.27. The summed E-state index contributed by atoms with van der Waals surface area (Å²) in [6.07, 6.45) is 2.34. The maximum absolute atomic E-state index is 12.0. The van der Waals surface area contributed by atoms with Gasteiger partial charge in [-0.1, -0.05) is 11.8 Å². The van der Waals surface area contributed by atoms with Gasteiger partial charge in [0, 0.05) is 30.7 Å². The molecule has 1 unspecified atom stereocenters. The predicted octanol–water partition coefficient (Wildman–Crippen LogP) is 1.36. The van der Waals surface area contributed by atoms with Gasteiger partial charge in [0.1, 0.15) is 11.7 Å². The topological polar surface area (TPSA) is 103 Å². The van der Waals surface area contributed by atoms with Crippen LogP contribution in [0.4, 0.5) is 0 Å². The Morgan fingerprint density at radius 3 is 2.83 bits per heavy atom. The lowest BCUT2D eigenvalue weighted by molar-refractivity contribution is -0.128. The molecule has 146 valence electrons. The minimum absolute atomic E-state index is 0.0462. The van der Waals surface area contributed by atoms with Crippen molar-refractivity contribution in [3.63, 3.8) is 0 Å². The molecule has 2 aromatic heterocycles. The molecule has 2 N–H and O–H groups in total. The Bertz CT molecular complexity index is 1190. The molecule has 0 saturated carbocycles. The summed E-state index contributed by atoms with van der Waals surface area (Å²) in [6.45, 7) is 0.721. The summed E-state index contributed by atoms with van der Waals surface area (Å²) < 4.78 is 6.78. The van der Waals surface area contributed by atoms with Crippen LogP contribution in [0.2, 0.25) is 0 Å². The molecule has 8 heteroatoms. The number of fused-ring (bicyclic) bond motifs is 1. The molecule has 1 atom stereocenters. The second kappa shape index (κ2) is 7.28. The number of amides is 2. The molecular weight excluding hydrogens is 370 g/mol. The van der Waals surface area contributed by atoms with Crippen molar-refractivity contribution in [1.29, 1.82) is 0 Å². The van der Waals surface area contributed by atoms with Crippen molar-refractivity contribution in [3.05, 3.63) is 47.8 Å². The smallest absolute Gasteiger partial charge is 0.269 e. The summed E-state index contributed by atoms with van der Waals surface area (Å²) in [4.78, 5) is 29.9. The van der Waals surface area contributed by atoms with Crippen LogP contribution in [0.3, 0.4) is 0 Å². The quantitative estimate of drug-likeness (QED) is 0.681. The van der Waals surface area contributed by atoms with Crippen molar-refractivity contribution < 1.29 is 14.3 Å². The van der Waals surface area contributed by atoms with Gasteiger partial charge in [0.05, 0.1) is 12.6 Å². The Hall–Kier alpha value is -3.86. The minimum Gasteiger partial charge on any atom is -0.497 e. The number of hydrogen-bond donors (Lipinski definition) is 1. The van der Waals surface area contributed by atoms with Gasteiger partial charge in [-0.05, 0) is 36.8 Å². The standard InChI is InChI=1S/C21H19N5O3/c1-25-10-8-14(21(25)28)4-3-13-7-9-23-18(11-13)26-17-6-5-15(29-2)12-16(17)19(24-26)20(22)27/h5-7,9,11-12,14H,8,10H2,1-2H3,(H2,22,27). The van der Waals surface area contributed by atoms with E-state index in [-0.39, 0.29) is 17.5 Å². The number of pyridine rings is 1. The third-order valence-electron chi connectivity index (χ3n) is 4.90. The van der Waals surface area contributed by atoms with Crippen molar-refractivity contribution in [2.75, 3.05) is 20.7 Å². The largest absolute Gasteiger partial charge is 0.497 e. The van der Waals surface area contributed by atoms with Crippen LogP contribution in [0.15, 0.2) is 36.5 Å². The molecule has 3 aromatic rings. The highest BCUT2D eigenvalue weighted by molar-refractivity contribution is 6.04. The molecule has 4 rings (SSSR count). The lowest BCUT2D eigenvalue weighted by Crippen LogP contribution is -2.21. The van der Waals surface area contributed by atoms with E-state index >= 15 is 0 Å². The number of primary amides is 1. The first-order chi connectivity index (χ1) is 14.0. The molecule has 0 spiro atoms. The SMILES string of the molecule is COc1ccc2c(c1)c(C(N)=O)nn2-c1cc(C#CC2CCN(C)C2=O)ccn1. The number of benzene rings is 1. The lowest BCUT2D eigenvalue weighted by Gasteiger charge is -2.05. The van der Waals surface area contributed by atoms with E-state index < -0.39 is 5.91 Å². The van der Waals surface area contributed by atoms with Crippen molar-refractivity contribution in [2.24, 2.45) is 11.7 Å². The number of likely N-dealkylation sites (tertiary alicyclic amines) is 1. The van der Waals surface area contributed by atoms with Crippen LogP contribution in [0.1, 0.15) is 22.5 Å². The van der Waals surface area contributed by atoms with E-state index in [1.807, 2.05) is 0 Å². The first-order valence-corrected chi connectivity index (χ1v) is 9.07. The Morgan fingerprint density at radius 1 is 1.31 bits per heavy atom. The van der Waals surface area contributed by atoms with Crippen molar-refractivity contribution in [1.82, 2.24) is 19.7 Å². The van der Waals surface area contributed by atoms with Gasteiger partial charge in [0.2, 0.25) is 5.91 Å². The first-order valence-electron chi connectivity index (χ1n) is 9.07. The van der Waals surface area contributed by atoms with Crippen LogP contribution < -0.4 is 10.5 Å². The van der Waals surface area contributed by atoms with Gasteiger partial charge in [-0.25, -0.2) is 9.67 Å². The average molecular weight is 389 g/mol. The van der Waals surface area contributed by atoms with Gasteiger partial charge in [-0.2, -0.15) is 5.10 Å². The first kappa shape index (κ1) is 18.5. The fourth-order valence-corrected chi connectivity index (χ4v) is 3.32. The van der Waals surface area contributed by atoms with E-state index in [1.165, 1.54) is 0 Å². The zero-order valence-electron chi connectivity index (χ0n) is 16.0. The zero-order chi connectivity index (χ0) is 20.5. The Kier molecular flexibility index (Phi) is 4.64. The van der Waals surface area contributed by atoms with Crippen LogP contribution in [0.5, 0.6) is 5.75 Å². The molecule has 3 heterocycles. The van der Waals surface area contributed by atoms with Gasteiger partial charge in [-0.3, -0.25) is 9.59 Å². The summed E-state index contributed by atoms with van der Waals surface area (Å²) in [5.74, 6) is 6.31. The molecule has 8 nitrogen and oxygen atoms in total. The molecule has 1 fully saturated rings. The number of carbonyl (C=O) groups excluding carboxylic acids is 2. The minimum atomic E-state index is -0.637. The van der Waals surface area contributed by atoms with Gasteiger partial charge in [0.15, 0.2) is 11.5 Å². The van der Waals surface area contributed by atoms with Gasteiger partial charge in [-0.15, -0.1) is 0 Å². The average Bonchev–Trinajstić information content (AvgIpc) is 3.27. The molecule has 1 aromatic carbocycles. The Morgan fingerprint density at radius 2 is 2.14 bits per heavy atom. The number of rotatable bonds is 3. The van der Waals surface area contributed by atoms with Crippen LogP contribution in [-0.2, 0) is 4.79 Å². The lowest BCUT2D eigenvalue weighted by atomic mass is 10.1. The highest BCUT2D eigenvalue weighted by Crippen LogP contribution is 2.26. The highest BCUT2D eigenvalue weighted by atomic mass is 16.5. The Labute approximate surface area is 167 Å². The number of nitrogens with zero attached hydrogens (tertiary/aromatic N) is 4.